The van der Waals surface area contributed by atoms with E-state index in [1.54, 1.807) is 12.3 Å². The van der Waals surface area contributed by atoms with Crippen LogP contribution in [0.5, 0.6) is 0 Å². The lowest BCUT2D eigenvalue weighted by molar-refractivity contribution is 0.0855. The molecule has 0 radical (unpaired) electrons. The Morgan fingerprint density at radius 1 is 1.15 bits per heavy atom. The number of nitrogens with one attached hydrogen (secondary N) is 2. The average Bonchev–Trinajstić information content (AvgIpc) is 2.83. The summed E-state index contributed by atoms with van der Waals surface area (Å²) in [6, 6.07) is 7.45. The molecule has 178 valence electrons. The lowest BCUT2D eigenvalue weighted by Crippen LogP contribution is -2.46. The molecule has 0 bridgehead atoms. The molecule has 0 atom stereocenters. The number of alkyl halides is 1. The van der Waals surface area contributed by atoms with Crippen molar-refractivity contribution in [3.63, 3.8) is 0 Å². The summed E-state index contributed by atoms with van der Waals surface area (Å²) in [5, 5.41) is 2.82. The van der Waals surface area contributed by atoms with Gasteiger partial charge in [0.1, 0.15) is 11.9 Å². The predicted octanol–water partition coefficient (Wildman–Crippen LogP) is 2.43. The number of amides is 1. The van der Waals surface area contributed by atoms with Crippen molar-refractivity contribution in [2.24, 2.45) is 0 Å². The van der Waals surface area contributed by atoms with Crippen molar-refractivity contribution >= 4 is 22.6 Å². The number of anilines is 1. The summed E-state index contributed by atoms with van der Waals surface area (Å²) >= 11 is 0. The monoisotopic (exact) mass is 464 g/mol. The molecular formula is C25H29FN6O2. The Kier molecular flexibility index (Phi) is 6.28. The Hall–Kier alpha value is -3.33. The Balaban J connectivity index is 1.15. The number of carbonyl (C=O) groups is 1. The number of hydrogen-bond acceptors (Lipinski definition) is 6. The fraction of sp³-hybridized carbons (Fsp3) is 0.440. The summed E-state index contributed by atoms with van der Waals surface area (Å²) in [4.78, 5) is 40.8. The topological polar surface area (TPSA) is 94.2 Å². The standard InChI is InChI=1S/C25H29FN6O2/c1-2-17-10-22-23(30-24(17)33)9-16(13-27-22)15-31-5-7-32(8-6-31)20-3-4-21(28-14-20)25(34)29-19-11-18(26)12-19/h3-4,9-10,13-14,18-19H,2,5-8,11-12,15H2,1H3,(H,29,34)(H,30,33). The van der Waals surface area contributed by atoms with Gasteiger partial charge in [-0.1, -0.05) is 6.92 Å². The molecule has 34 heavy (non-hydrogen) atoms. The zero-order valence-electron chi connectivity index (χ0n) is 19.3. The first kappa shape index (κ1) is 22.5. The van der Waals surface area contributed by atoms with Crippen molar-refractivity contribution in [3.05, 3.63) is 63.8 Å². The second kappa shape index (κ2) is 9.50. The number of nitrogens with zero attached hydrogens (tertiary/aromatic N) is 4. The number of piperazine rings is 1. The summed E-state index contributed by atoms with van der Waals surface area (Å²) < 4.78 is 12.9. The van der Waals surface area contributed by atoms with Crippen molar-refractivity contribution in [1.82, 2.24) is 25.2 Å². The molecule has 1 saturated heterocycles. The maximum Gasteiger partial charge on any atom is 0.270 e. The zero-order chi connectivity index (χ0) is 23.7. The van der Waals surface area contributed by atoms with Crippen LogP contribution in [0.3, 0.4) is 0 Å². The minimum atomic E-state index is -0.796. The molecule has 3 aromatic heterocycles. The molecule has 1 amide bonds. The highest BCUT2D eigenvalue weighted by Gasteiger charge is 2.30. The van der Waals surface area contributed by atoms with Gasteiger partial charge in [0.25, 0.3) is 11.5 Å². The van der Waals surface area contributed by atoms with E-state index in [0.717, 1.165) is 60.6 Å². The van der Waals surface area contributed by atoms with Crippen molar-refractivity contribution in [2.75, 3.05) is 31.1 Å². The molecule has 1 aliphatic carbocycles. The van der Waals surface area contributed by atoms with Gasteiger partial charge < -0.3 is 15.2 Å². The van der Waals surface area contributed by atoms with Crippen LogP contribution in [0, 0.1) is 0 Å². The molecule has 0 unspecified atom stereocenters. The Bertz CT molecular complexity index is 1230. The summed E-state index contributed by atoms with van der Waals surface area (Å²) in [6.45, 7) is 6.21. The Morgan fingerprint density at radius 2 is 1.94 bits per heavy atom. The molecule has 0 spiro atoms. The summed E-state index contributed by atoms with van der Waals surface area (Å²) in [7, 11) is 0. The molecule has 2 aliphatic rings. The number of carbonyl (C=O) groups excluding carboxylic acids is 1. The van der Waals surface area contributed by atoms with E-state index >= 15 is 0 Å². The molecule has 8 nitrogen and oxygen atoms in total. The van der Waals surface area contributed by atoms with Gasteiger partial charge in [-0.15, -0.1) is 0 Å². The van der Waals surface area contributed by atoms with Gasteiger partial charge in [-0.3, -0.25) is 19.5 Å². The lowest BCUT2D eigenvalue weighted by atomic mass is 9.91. The fourth-order valence-electron chi connectivity index (χ4n) is 4.57. The zero-order valence-corrected chi connectivity index (χ0v) is 19.3. The molecule has 5 rings (SSSR count). The number of rotatable bonds is 6. The van der Waals surface area contributed by atoms with Crippen LogP contribution in [0.2, 0.25) is 0 Å². The SMILES string of the molecule is CCc1cc2ncc(CN3CCN(c4ccc(C(=O)NC5CC(F)C5)nc4)CC3)cc2[nH]c1=O. The van der Waals surface area contributed by atoms with E-state index in [9.17, 15) is 14.0 Å². The maximum atomic E-state index is 12.9. The third-order valence-electron chi connectivity index (χ3n) is 6.75. The van der Waals surface area contributed by atoms with Gasteiger partial charge in [0, 0.05) is 50.5 Å². The van der Waals surface area contributed by atoms with E-state index in [-0.39, 0.29) is 17.5 Å². The smallest absolute Gasteiger partial charge is 0.270 e. The number of hydrogen-bond donors (Lipinski definition) is 2. The number of halogens is 1. The van der Waals surface area contributed by atoms with E-state index in [1.807, 2.05) is 31.3 Å². The van der Waals surface area contributed by atoms with Gasteiger partial charge in [0.15, 0.2) is 0 Å². The number of H-pyrrole nitrogens is 1. The summed E-state index contributed by atoms with van der Waals surface area (Å²) in [5.41, 5.74) is 4.71. The molecule has 1 aliphatic heterocycles. The van der Waals surface area contributed by atoms with Crippen molar-refractivity contribution < 1.29 is 9.18 Å². The van der Waals surface area contributed by atoms with E-state index in [1.165, 1.54) is 0 Å². The van der Waals surface area contributed by atoms with Gasteiger partial charge in [-0.25, -0.2) is 9.37 Å². The molecular weight excluding hydrogens is 435 g/mol. The fourth-order valence-corrected chi connectivity index (χ4v) is 4.57. The van der Waals surface area contributed by atoms with E-state index < -0.39 is 6.17 Å². The number of aromatic amines is 1. The second-order valence-electron chi connectivity index (χ2n) is 9.16. The maximum absolute atomic E-state index is 12.9. The van der Waals surface area contributed by atoms with Gasteiger partial charge in [-0.2, -0.15) is 0 Å². The van der Waals surface area contributed by atoms with Crippen LogP contribution in [0.15, 0.2) is 41.5 Å². The predicted molar refractivity (Wildman–Crippen MR) is 129 cm³/mol. The van der Waals surface area contributed by atoms with Crippen LogP contribution in [0.1, 0.15) is 41.4 Å². The minimum Gasteiger partial charge on any atom is -0.368 e. The quantitative estimate of drug-likeness (QED) is 0.582. The first-order valence-electron chi connectivity index (χ1n) is 11.9. The Labute approximate surface area is 197 Å². The highest BCUT2D eigenvalue weighted by atomic mass is 19.1. The number of fused-ring (bicyclic) bond motifs is 1. The van der Waals surface area contributed by atoms with Crippen LogP contribution in [0.25, 0.3) is 11.0 Å². The van der Waals surface area contributed by atoms with Crippen LogP contribution in [0.4, 0.5) is 10.1 Å². The molecule has 2 fully saturated rings. The first-order chi connectivity index (χ1) is 16.5. The normalized spacial score (nSPS) is 20.8. The minimum absolute atomic E-state index is 0.0453. The number of aromatic nitrogens is 3. The average molecular weight is 465 g/mol. The highest BCUT2D eigenvalue weighted by molar-refractivity contribution is 5.92. The van der Waals surface area contributed by atoms with E-state index in [4.69, 9.17) is 0 Å². The van der Waals surface area contributed by atoms with Gasteiger partial charge in [0.2, 0.25) is 0 Å². The van der Waals surface area contributed by atoms with E-state index in [0.29, 0.717) is 25.0 Å². The Morgan fingerprint density at radius 3 is 2.62 bits per heavy atom. The molecule has 1 saturated carbocycles. The second-order valence-corrected chi connectivity index (χ2v) is 9.16. The molecule has 2 N–H and O–H groups in total. The molecule has 3 aromatic rings. The van der Waals surface area contributed by atoms with Crippen molar-refractivity contribution in [3.8, 4) is 0 Å². The molecule has 0 aromatic carbocycles. The van der Waals surface area contributed by atoms with Crippen molar-refractivity contribution in [2.45, 2.75) is 44.9 Å². The highest BCUT2D eigenvalue weighted by Crippen LogP contribution is 2.23. The number of aryl methyl sites for hydroxylation is 1. The summed E-state index contributed by atoms with van der Waals surface area (Å²) in [6.07, 6.45) is 4.29. The summed E-state index contributed by atoms with van der Waals surface area (Å²) in [5.74, 6) is -0.246. The van der Waals surface area contributed by atoms with Gasteiger partial charge in [-0.05, 0) is 49.1 Å². The molecule has 9 heteroatoms. The van der Waals surface area contributed by atoms with Gasteiger partial charge in [0.05, 0.1) is 22.9 Å². The van der Waals surface area contributed by atoms with Crippen LogP contribution in [-0.2, 0) is 13.0 Å². The van der Waals surface area contributed by atoms with Crippen LogP contribution >= 0.6 is 0 Å². The third-order valence-corrected chi connectivity index (χ3v) is 6.75. The van der Waals surface area contributed by atoms with E-state index in [2.05, 4.69) is 30.1 Å². The van der Waals surface area contributed by atoms with Crippen molar-refractivity contribution in [1.29, 1.82) is 0 Å². The lowest BCUT2D eigenvalue weighted by Gasteiger charge is -2.36. The van der Waals surface area contributed by atoms with Crippen LogP contribution < -0.4 is 15.8 Å². The first-order valence-corrected chi connectivity index (χ1v) is 11.9. The molecule has 4 heterocycles. The largest absolute Gasteiger partial charge is 0.368 e. The van der Waals surface area contributed by atoms with Crippen LogP contribution in [-0.4, -0.2) is 64.2 Å². The number of pyridine rings is 3. The van der Waals surface area contributed by atoms with Gasteiger partial charge >= 0.3 is 0 Å². The third kappa shape index (κ3) is 4.79.